The SMILES string of the molecule is Cc1ccc(OCC(C)NC(=O)C2CCCN(Cc3nc(-c4cccc(Cl)c4)no3)C2)cc1C. The zero-order valence-electron chi connectivity index (χ0n) is 19.9. The summed E-state index contributed by atoms with van der Waals surface area (Å²) in [6, 6.07) is 13.3. The minimum Gasteiger partial charge on any atom is -0.491 e. The highest BCUT2D eigenvalue weighted by molar-refractivity contribution is 6.30. The number of hydrogen-bond acceptors (Lipinski definition) is 6. The van der Waals surface area contributed by atoms with E-state index in [1.54, 1.807) is 6.07 Å². The summed E-state index contributed by atoms with van der Waals surface area (Å²) in [5.74, 6) is 1.86. The number of nitrogens with one attached hydrogen (secondary N) is 1. The summed E-state index contributed by atoms with van der Waals surface area (Å²) in [5, 5.41) is 7.81. The molecular formula is C26H31ClN4O3. The molecule has 2 unspecified atom stereocenters. The lowest BCUT2D eigenvalue weighted by Crippen LogP contribution is -2.46. The molecule has 0 bridgehead atoms. The Kier molecular flexibility index (Phi) is 7.85. The standard InChI is InChI=1S/C26H31ClN4O3/c1-17-9-10-23(12-18(17)2)33-16-19(3)28-26(32)21-7-5-11-31(14-21)15-24-29-25(30-34-24)20-6-4-8-22(27)13-20/h4,6,8-10,12-13,19,21H,5,7,11,14-16H2,1-3H3,(H,28,32). The Bertz CT molecular complexity index is 1130. The number of aromatic nitrogens is 2. The fourth-order valence-corrected chi connectivity index (χ4v) is 4.29. The van der Waals surface area contributed by atoms with Gasteiger partial charge in [-0.15, -0.1) is 0 Å². The van der Waals surface area contributed by atoms with Gasteiger partial charge >= 0.3 is 0 Å². The second kappa shape index (κ2) is 11.0. The van der Waals surface area contributed by atoms with Gasteiger partial charge in [0.25, 0.3) is 0 Å². The van der Waals surface area contributed by atoms with Crippen molar-refractivity contribution in [1.29, 1.82) is 0 Å². The van der Waals surface area contributed by atoms with Crippen molar-refractivity contribution in [1.82, 2.24) is 20.4 Å². The van der Waals surface area contributed by atoms with Crippen LogP contribution in [0.4, 0.5) is 0 Å². The van der Waals surface area contributed by atoms with Crippen molar-refractivity contribution in [2.24, 2.45) is 5.92 Å². The molecule has 0 saturated carbocycles. The number of piperidine rings is 1. The molecule has 34 heavy (non-hydrogen) atoms. The van der Waals surface area contributed by atoms with Crippen LogP contribution in [0.3, 0.4) is 0 Å². The Balaban J connectivity index is 1.26. The largest absolute Gasteiger partial charge is 0.491 e. The van der Waals surface area contributed by atoms with Crippen molar-refractivity contribution < 1.29 is 14.1 Å². The number of aryl methyl sites for hydroxylation is 2. The minimum absolute atomic E-state index is 0.0611. The van der Waals surface area contributed by atoms with Gasteiger partial charge in [0.1, 0.15) is 12.4 Å². The molecule has 0 aliphatic carbocycles. The summed E-state index contributed by atoms with van der Waals surface area (Å²) < 4.78 is 11.3. The third kappa shape index (κ3) is 6.36. The summed E-state index contributed by atoms with van der Waals surface area (Å²) in [5.41, 5.74) is 3.24. The fourth-order valence-electron chi connectivity index (χ4n) is 4.10. The number of halogens is 1. The molecule has 8 heteroatoms. The van der Waals surface area contributed by atoms with E-state index in [4.69, 9.17) is 20.9 Å². The molecule has 1 N–H and O–H groups in total. The first kappa shape index (κ1) is 24.2. The van der Waals surface area contributed by atoms with Gasteiger partial charge in [0.05, 0.1) is 18.5 Å². The Morgan fingerprint density at radius 2 is 2.12 bits per heavy atom. The van der Waals surface area contributed by atoms with Crippen molar-refractivity contribution in [3.05, 3.63) is 64.5 Å². The summed E-state index contributed by atoms with van der Waals surface area (Å²) in [7, 11) is 0. The number of benzene rings is 2. The van der Waals surface area contributed by atoms with Gasteiger partial charge in [-0.25, -0.2) is 0 Å². The van der Waals surface area contributed by atoms with Crippen LogP contribution in [0, 0.1) is 19.8 Å². The van der Waals surface area contributed by atoms with Gasteiger partial charge in [-0.05, 0) is 75.5 Å². The number of likely N-dealkylation sites (tertiary alicyclic amines) is 1. The molecule has 2 aromatic carbocycles. The number of carbonyl (C=O) groups excluding carboxylic acids is 1. The van der Waals surface area contributed by atoms with Crippen LogP contribution >= 0.6 is 11.6 Å². The van der Waals surface area contributed by atoms with E-state index in [1.165, 1.54) is 11.1 Å². The van der Waals surface area contributed by atoms with Crippen LogP contribution < -0.4 is 10.1 Å². The molecule has 1 aliphatic heterocycles. The summed E-state index contributed by atoms with van der Waals surface area (Å²) >= 11 is 6.06. The van der Waals surface area contributed by atoms with E-state index in [1.807, 2.05) is 43.3 Å². The molecule has 1 fully saturated rings. The van der Waals surface area contributed by atoms with Gasteiger partial charge in [-0.1, -0.05) is 35.0 Å². The van der Waals surface area contributed by atoms with Crippen LogP contribution in [-0.4, -0.2) is 46.7 Å². The molecule has 2 atom stereocenters. The molecule has 0 spiro atoms. The van der Waals surface area contributed by atoms with E-state index in [0.717, 1.165) is 30.7 Å². The third-order valence-electron chi connectivity index (χ3n) is 6.15. The average molecular weight is 483 g/mol. The van der Waals surface area contributed by atoms with E-state index < -0.39 is 0 Å². The van der Waals surface area contributed by atoms with Crippen LogP contribution in [-0.2, 0) is 11.3 Å². The monoisotopic (exact) mass is 482 g/mol. The summed E-state index contributed by atoms with van der Waals surface area (Å²) in [6.45, 7) is 8.60. The van der Waals surface area contributed by atoms with Gasteiger partial charge in [0, 0.05) is 17.1 Å². The molecule has 180 valence electrons. The quantitative estimate of drug-likeness (QED) is 0.496. The van der Waals surface area contributed by atoms with Gasteiger partial charge in [-0.3, -0.25) is 9.69 Å². The molecule has 2 heterocycles. The number of carbonyl (C=O) groups is 1. The molecule has 0 radical (unpaired) electrons. The van der Waals surface area contributed by atoms with Gasteiger partial charge in [-0.2, -0.15) is 4.98 Å². The predicted octanol–water partition coefficient (Wildman–Crippen LogP) is 4.80. The highest BCUT2D eigenvalue weighted by Gasteiger charge is 2.27. The number of hydrogen-bond donors (Lipinski definition) is 1. The number of rotatable bonds is 8. The highest BCUT2D eigenvalue weighted by atomic mass is 35.5. The van der Waals surface area contributed by atoms with Crippen molar-refractivity contribution in [3.8, 4) is 17.1 Å². The molecule has 1 saturated heterocycles. The summed E-state index contributed by atoms with van der Waals surface area (Å²) in [4.78, 5) is 19.6. The van der Waals surface area contributed by atoms with E-state index in [-0.39, 0.29) is 17.9 Å². The molecule has 4 rings (SSSR count). The van der Waals surface area contributed by atoms with Gasteiger partial charge in [0.15, 0.2) is 0 Å². The predicted molar refractivity (Wildman–Crippen MR) is 132 cm³/mol. The Morgan fingerprint density at radius 3 is 2.91 bits per heavy atom. The van der Waals surface area contributed by atoms with Crippen LogP contribution in [0.1, 0.15) is 36.8 Å². The second-order valence-corrected chi connectivity index (χ2v) is 9.50. The zero-order valence-corrected chi connectivity index (χ0v) is 20.6. The molecule has 1 amide bonds. The van der Waals surface area contributed by atoms with Crippen molar-refractivity contribution in [2.75, 3.05) is 19.7 Å². The maximum atomic E-state index is 12.9. The Morgan fingerprint density at radius 1 is 1.26 bits per heavy atom. The maximum absolute atomic E-state index is 12.9. The van der Waals surface area contributed by atoms with E-state index in [2.05, 4.69) is 34.2 Å². The van der Waals surface area contributed by atoms with Crippen molar-refractivity contribution in [3.63, 3.8) is 0 Å². The van der Waals surface area contributed by atoms with Crippen LogP contribution in [0.25, 0.3) is 11.4 Å². The molecule has 3 aromatic rings. The lowest BCUT2D eigenvalue weighted by molar-refractivity contribution is -0.127. The lowest BCUT2D eigenvalue weighted by atomic mass is 9.97. The second-order valence-electron chi connectivity index (χ2n) is 9.06. The van der Waals surface area contributed by atoms with E-state index >= 15 is 0 Å². The third-order valence-corrected chi connectivity index (χ3v) is 6.39. The van der Waals surface area contributed by atoms with Crippen molar-refractivity contribution in [2.45, 2.75) is 46.2 Å². The first-order valence-corrected chi connectivity index (χ1v) is 12.1. The minimum atomic E-state index is -0.0827. The summed E-state index contributed by atoms with van der Waals surface area (Å²) in [6.07, 6.45) is 1.81. The van der Waals surface area contributed by atoms with Crippen molar-refractivity contribution >= 4 is 17.5 Å². The topological polar surface area (TPSA) is 80.5 Å². The normalized spacial score (nSPS) is 17.4. The van der Waals surface area contributed by atoms with Gasteiger partial charge < -0.3 is 14.6 Å². The highest BCUT2D eigenvalue weighted by Crippen LogP contribution is 2.22. The van der Waals surface area contributed by atoms with E-state index in [0.29, 0.717) is 36.4 Å². The molecular weight excluding hydrogens is 452 g/mol. The first-order valence-electron chi connectivity index (χ1n) is 11.7. The molecule has 1 aromatic heterocycles. The van der Waals surface area contributed by atoms with E-state index in [9.17, 15) is 4.79 Å². The Labute approximate surface area is 205 Å². The van der Waals surface area contributed by atoms with Crippen LogP contribution in [0.2, 0.25) is 5.02 Å². The van der Waals surface area contributed by atoms with Crippen LogP contribution in [0.5, 0.6) is 5.75 Å². The molecule has 1 aliphatic rings. The number of amides is 1. The lowest BCUT2D eigenvalue weighted by Gasteiger charge is -2.31. The maximum Gasteiger partial charge on any atom is 0.241 e. The average Bonchev–Trinajstić information content (AvgIpc) is 3.28. The zero-order chi connectivity index (χ0) is 24.1. The molecule has 7 nitrogen and oxygen atoms in total. The fraction of sp³-hybridized carbons (Fsp3) is 0.423. The smallest absolute Gasteiger partial charge is 0.241 e. The first-order chi connectivity index (χ1) is 16.4. The van der Waals surface area contributed by atoms with Crippen LogP contribution in [0.15, 0.2) is 47.0 Å². The van der Waals surface area contributed by atoms with Gasteiger partial charge in [0.2, 0.25) is 17.6 Å². The number of ether oxygens (including phenoxy) is 1. The Hall–Kier alpha value is -2.90. The number of nitrogens with zero attached hydrogens (tertiary/aromatic N) is 3.